The highest BCUT2D eigenvalue weighted by molar-refractivity contribution is 5.78. The van der Waals surface area contributed by atoms with E-state index in [0.29, 0.717) is 32.0 Å². The summed E-state index contributed by atoms with van der Waals surface area (Å²) in [5.74, 6) is -2.71. The second-order valence-electron chi connectivity index (χ2n) is 16.9. The summed E-state index contributed by atoms with van der Waals surface area (Å²) in [5.41, 5.74) is 6.69. The number of aliphatic carboxylic acids is 2. The highest BCUT2D eigenvalue weighted by Crippen LogP contribution is 2.35. The van der Waals surface area contributed by atoms with E-state index in [1.165, 1.54) is 5.57 Å². The van der Waals surface area contributed by atoms with Crippen LogP contribution >= 0.6 is 0 Å². The molecule has 1 rings (SSSR count). The SMILES string of the molecule is C=C(O)C(CC(N)=O)C(/C=C/C=C\C/C=C\CCCCCCCC(=N)OCC(COC)OC(CCCCCC/C=C/C(CCCCCCC)C(CC(=O)O)C(=O)O)=C1CC1)CC. The van der Waals surface area contributed by atoms with Gasteiger partial charge < -0.3 is 35.3 Å². The van der Waals surface area contributed by atoms with Crippen molar-refractivity contribution in [3.63, 3.8) is 0 Å². The third kappa shape index (κ3) is 29.2. The normalized spacial score (nSPS) is 15.2. The summed E-state index contributed by atoms with van der Waals surface area (Å²) in [6.45, 7) is 8.47. The predicted molar refractivity (Wildman–Crippen MR) is 251 cm³/mol. The fourth-order valence-corrected chi connectivity index (χ4v) is 7.65. The molecule has 0 saturated heterocycles. The Morgan fingerprint density at radius 2 is 1.39 bits per heavy atom. The van der Waals surface area contributed by atoms with Gasteiger partial charge in [-0.1, -0.05) is 133 Å². The number of carboxylic acid groups (broad SMARTS) is 2. The zero-order valence-electron chi connectivity index (χ0n) is 38.7. The number of unbranched alkanes of at least 4 members (excludes halogenated alkanes) is 13. The molecule has 1 amide bonds. The van der Waals surface area contributed by atoms with Crippen molar-refractivity contribution in [3.05, 3.63) is 72.3 Å². The van der Waals surface area contributed by atoms with E-state index in [9.17, 15) is 29.7 Å². The van der Waals surface area contributed by atoms with Gasteiger partial charge in [0.2, 0.25) is 5.91 Å². The molecular formula is C51H84N2O9. The minimum absolute atomic E-state index is 0.00279. The van der Waals surface area contributed by atoms with Gasteiger partial charge >= 0.3 is 11.9 Å². The number of ether oxygens (including phenoxy) is 3. The van der Waals surface area contributed by atoms with Crippen molar-refractivity contribution in [1.29, 1.82) is 5.41 Å². The van der Waals surface area contributed by atoms with Gasteiger partial charge in [0.25, 0.3) is 0 Å². The number of carboxylic acids is 2. The summed E-state index contributed by atoms with van der Waals surface area (Å²) in [7, 11) is 1.66. The lowest BCUT2D eigenvalue weighted by Gasteiger charge is -2.21. The van der Waals surface area contributed by atoms with E-state index in [-0.39, 0.29) is 42.5 Å². The molecule has 0 heterocycles. The lowest BCUT2D eigenvalue weighted by Crippen LogP contribution is -2.26. The zero-order chi connectivity index (χ0) is 45.8. The standard InChI is InChI=1S/C51H84N2O9/c1-5-7-8-19-25-30-42(46(51(58)59)37-50(56)57)31-26-21-17-18-22-27-32-47(43-34-35-43)62-44(38-60-4)39-61-49(53)33-28-23-16-14-12-10-9-11-13-15-20-24-29-41(6-2)45(40(3)54)36-48(52)55/h9,11,15,20,24,26,29,31,41-42,44-46,53-54H,3,5-8,10,12-14,16-19,21-23,25,27-28,30,32-39H2,1-2,4H3,(H2,52,55)(H,56,57)(H,58,59)/b11-9-,20-15-,29-24+,31-26+,53-49?. The first-order valence-corrected chi connectivity index (χ1v) is 23.8. The molecule has 1 saturated carbocycles. The minimum Gasteiger partial charge on any atom is -0.513 e. The fraction of sp³-hybridized carbons (Fsp3) is 0.686. The van der Waals surface area contributed by atoms with E-state index >= 15 is 0 Å². The first-order valence-electron chi connectivity index (χ1n) is 23.8. The number of rotatable bonds is 41. The Morgan fingerprint density at radius 3 is 2.00 bits per heavy atom. The molecule has 0 aromatic heterocycles. The molecule has 0 aromatic carbocycles. The maximum Gasteiger partial charge on any atom is 0.307 e. The quantitative estimate of drug-likeness (QED) is 0.00994. The number of aliphatic hydroxyl groups is 1. The third-order valence-corrected chi connectivity index (χ3v) is 11.4. The topological polar surface area (TPSA) is 189 Å². The van der Waals surface area contributed by atoms with Crippen LogP contribution in [0.1, 0.15) is 174 Å². The average molecular weight is 869 g/mol. The van der Waals surface area contributed by atoms with E-state index in [1.54, 1.807) is 7.11 Å². The van der Waals surface area contributed by atoms with Crippen molar-refractivity contribution >= 4 is 23.7 Å². The van der Waals surface area contributed by atoms with Crippen LogP contribution < -0.4 is 5.73 Å². The predicted octanol–water partition coefficient (Wildman–Crippen LogP) is 12.5. The van der Waals surface area contributed by atoms with E-state index < -0.39 is 23.8 Å². The minimum atomic E-state index is -1.07. The zero-order valence-corrected chi connectivity index (χ0v) is 38.7. The molecule has 0 radical (unpaired) electrons. The van der Waals surface area contributed by atoms with E-state index in [4.69, 9.17) is 25.4 Å². The number of primary amides is 1. The van der Waals surface area contributed by atoms with Gasteiger partial charge in [0.15, 0.2) is 12.0 Å². The maximum absolute atomic E-state index is 11.9. The van der Waals surface area contributed by atoms with Crippen molar-refractivity contribution in [2.45, 2.75) is 180 Å². The van der Waals surface area contributed by atoms with E-state index in [0.717, 1.165) is 141 Å². The molecule has 0 spiro atoms. The number of nitrogens with two attached hydrogens (primary N) is 1. The molecule has 352 valence electrons. The van der Waals surface area contributed by atoms with Crippen LogP contribution in [0.4, 0.5) is 0 Å². The van der Waals surface area contributed by atoms with Crippen LogP contribution in [0.5, 0.6) is 0 Å². The molecule has 5 atom stereocenters. The van der Waals surface area contributed by atoms with Crippen molar-refractivity contribution < 1.29 is 43.9 Å². The van der Waals surface area contributed by atoms with Gasteiger partial charge in [0.05, 0.1) is 30.5 Å². The summed E-state index contributed by atoms with van der Waals surface area (Å²) in [6, 6.07) is 0. The number of amides is 1. The van der Waals surface area contributed by atoms with Crippen LogP contribution in [0.25, 0.3) is 0 Å². The van der Waals surface area contributed by atoms with Gasteiger partial charge in [-0.25, -0.2) is 0 Å². The number of allylic oxidation sites excluding steroid dienone is 11. The largest absolute Gasteiger partial charge is 0.513 e. The van der Waals surface area contributed by atoms with Crippen LogP contribution in [-0.2, 0) is 28.6 Å². The number of nitrogens with one attached hydrogen (secondary N) is 1. The Bertz CT molecular complexity index is 1430. The Balaban J connectivity index is 2.31. The highest BCUT2D eigenvalue weighted by atomic mass is 16.6. The third-order valence-electron chi connectivity index (χ3n) is 11.4. The summed E-state index contributed by atoms with van der Waals surface area (Å²) in [6.07, 6.45) is 38.6. The molecule has 11 heteroatoms. The Labute approximate surface area is 374 Å². The first-order chi connectivity index (χ1) is 29.9. The molecule has 1 fully saturated rings. The van der Waals surface area contributed by atoms with Gasteiger partial charge in [0.1, 0.15) is 6.61 Å². The molecule has 62 heavy (non-hydrogen) atoms. The smallest absolute Gasteiger partial charge is 0.307 e. The number of methoxy groups -OCH3 is 1. The summed E-state index contributed by atoms with van der Waals surface area (Å²) >= 11 is 0. The van der Waals surface area contributed by atoms with Crippen molar-refractivity contribution in [2.24, 2.45) is 29.4 Å². The fourth-order valence-electron chi connectivity index (χ4n) is 7.65. The lowest BCUT2D eigenvalue weighted by molar-refractivity contribution is -0.149. The average Bonchev–Trinajstić information content (AvgIpc) is 4.08. The van der Waals surface area contributed by atoms with Gasteiger partial charge in [-0.2, -0.15) is 0 Å². The Hall–Kier alpha value is -4.12. The van der Waals surface area contributed by atoms with Crippen LogP contribution in [0, 0.1) is 29.1 Å². The number of aliphatic hydroxyl groups excluding tert-OH is 1. The first kappa shape index (κ1) is 55.9. The van der Waals surface area contributed by atoms with Crippen LogP contribution in [0.15, 0.2) is 72.3 Å². The summed E-state index contributed by atoms with van der Waals surface area (Å²) in [4.78, 5) is 34.6. The Morgan fingerprint density at radius 1 is 0.742 bits per heavy atom. The monoisotopic (exact) mass is 869 g/mol. The maximum atomic E-state index is 11.9. The second-order valence-corrected chi connectivity index (χ2v) is 16.9. The molecule has 0 aliphatic heterocycles. The highest BCUT2D eigenvalue weighted by Gasteiger charge is 2.28. The molecule has 0 bridgehead atoms. The second kappa shape index (κ2) is 36.4. The van der Waals surface area contributed by atoms with Crippen molar-refractivity contribution in [2.75, 3.05) is 20.3 Å². The van der Waals surface area contributed by atoms with Crippen molar-refractivity contribution in [3.8, 4) is 0 Å². The van der Waals surface area contributed by atoms with Crippen LogP contribution in [0.3, 0.4) is 0 Å². The van der Waals surface area contributed by atoms with Crippen LogP contribution in [-0.4, -0.2) is 65.5 Å². The number of carbonyl (C=O) groups excluding carboxylic acids is 1. The van der Waals surface area contributed by atoms with Gasteiger partial charge in [-0.3, -0.25) is 19.8 Å². The van der Waals surface area contributed by atoms with Gasteiger partial charge in [-0.05, 0) is 88.0 Å². The molecule has 5 unspecified atom stereocenters. The van der Waals surface area contributed by atoms with E-state index in [1.807, 2.05) is 31.2 Å². The molecule has 1 aliphatic rings. The number of hydrogen-bond donors (Lipinski definition) is 5. The van der Waals surface area contributed by atoms with Gasteiger partial charge in [0, 0.05) is 32.3 Å². The van der Waals surface area contributed by atoms with Gasteiger partial charge in [-0.15, -0.1) is 0 Å². The van der Waals surface area contributed by atoms with Crippen LogP contribution in [0.2, 0.25) is 0 Å². The summed E-state index contributed by atoms with van der Waals surface area (Å²) < 4.78 is 17.7. The molecule has 11 nitrogen and oxygen atoms in total. The molecule has 0 aromatic rings. The number of carbonyl (C=O) groups is 3. The van der Waals surface area contributed by atoms with Crippen molar-refractivity contribution in [1.82, 2.24) is 0 Å². The molecule has 6 N–H and O–H groups in total. The Kier molecular flexibility index (Phi) is 32.8. The van der Waals surface area contributed by atoms with E-state index in [2.05, 4.69) is 37.8 Å². The summed E-state index contributed by atoms with van der Waals surface area (Å²) in [5, 5.41) is 37.3. The molecular weight excluding hydrogens is 785 g/mol. The lowest BCUT2D eigenvalue weighted by atomic mass is 9.84. The molecule has 1 aliphatic carbocycles. The number of hydrogen-bond acceptors (Lipinski definition) is 8.